The number of hydrogen-bond donors (Lipinski definition) is 1. The summed E-state index contributed by atoms with van der Waals surface area (Å²) in [5.74, 6) is -6.03. The minimum absolute atomic E-state index is 0.572. The summed E-state index contributed by atoms with van der Waals surface area (Å²) in [6.45, 7) is 6.11. The van der Waals surface area contributed by atoms with Gasteiger partial charge in [0.25, 0.3) is 0 Å². The van der Waals surface area contributed by atoms with Gasteiger partial charge in [-0.1, -0.05) is 0 Å². The third kappa shape index (κ3) is 10.7. The standard InChI is InChI=1S/C26H36O18/c1-10(27)35-8-17-20(21(38-13(4)30)23(25(34)42-17)40-15(6)32)44-26-24(41-16(7)33)22(39-14(5)31)19(37-12(3)29)18(43-26)9-36-11(2)28/h17-26,34H,8-9H2,1-7H3/t17-,18-,19+,20+,21+,22+,23-,24-,25+,26+/m1/s1. The summed E-state index contributed by atoms with van der Waals surface area (Å²) < 4.78 is 54.1. The van der Waals surface area contributed by atoms with Crippen molar-refractivity contribution in [2.24, 2.45) is 0 Å². The molecule has 2 heterocycles. The summed E-state index contributed by atoms with van der Waals surface area (Å²) in [5, 5.41) is 10.6. The first-order chi connectivity index (χ1) is 20.5. The monoisotopic (exact) mass is 636 g/mol. The first-order valence-corrected chi connectivity index (χ1v) is 13.3. The van der Waals surface area contributed by atoms with Gasteiger partial charge in [-0.05, 0) is 0 Å². The van der Waals surface area contributed by atoms with Crippen LogP contribution >= 0.6 is 0 Å². The van der Waals surface area contributed by atoms with Gasteiger partial charge in [-0.25, -0.2) is 0 Å². The minimum Gasteiger partial charge on any atom is -0.463 e. The maximum atomic E-state index is 12.2. The zero-order valence-corrected chi connectivity index (χ0v) is 25.1. The summed E-state index contributed by atoms with van der Waals surface area (Å²) in [6, 6.07) is 0. The topological polar surface area (TPSA) is 232 Å². The molecule has 0 aliphatic carbocycles. The van der Waals surface area contributed by atoms with E-state index in [1.54, 1.807) is 0 Å². The maximum absolute atomic E-state index is 12.2. The number of hydrogen-bond acceptors (Lipinski definition) is 18. The van der Waals surface area contributed by atoms with E-state index in [0.717, 1.165) is 48.5 Å². The number of rotatable bonds is 11. The van der Waals surface area contributed by atoms with Gasteiger partial charge in [0.05, 0.1) is 0 Å². The van der Waals surface area contributed by atoms with Crippen molar-refractivity contribution in [1.82, 2.24) is 0 Å². The molecule has 10 atom stereocenters. The first-order valence-electron chi connectivity index (χ1n) is 13.3. The molecule has 1 N–H and O–H groups in total. The molecule has 0 aromatic heterocycles. The van der Waals surface area contributed by atoms with Crippen LogP contribution in [-0.4, -0.2) is 122 Å². The van der Waals surface area contributed by atoms with E-state index in [1.165, 1.54) is 0 Å². The third-order valence-electron chi connectivity index (χ3n) is 5.90. The number of ether oxygens (including phenoxy) is 10. The molecule has 0 spiro atoms. The third-order valence-corrected chi connectivity index (χ3v) is 5.90. The van der Waals surface area contributed by atoms with Gasteiger partial charge >= 0.3 is 41.8 Å². The number of aliphatic hydroxyl groups is 1. The molecule has 2 rings (SSSR count). The van der Waals surface area contributed by atoms with Gasteiger partial charge < -0.3 is 52.5 Å². The van der Waals surface area contributed by atoms with E-state index in [2.05, 4.69) is 0 Å². The summed E-state index contributed by atoms with van der Waals surface area (Å²) in [4.78, 5) is 83.5. The molecule has 0 saturated carbocycles. The summed E-state index contributed by atoms with van der Waals surface area (Å²) in [6.07, 6.45) is -16.3. The summed E-state index contributed by atoms with van der Waals surface area (Å²) in [5.41, 5.74) is 0. The molecule has 44 heavy (non-hydrogen) atoms. The molecular weight excluding hydrogens is 600 g/mol. The van der Waals surface area contributed by atoms with Crippen molar-refractivity contribution in [3.63, 3.8) is 0 Å². The van der Waals surface area contributed by atoms with Crippen molar-refractivity contribution in [3.8, 4) is 0 Å². The van der Waals surface area contributed by atoms with E-state index in [1.807, 2.05) is 0 Å². The lowest BCUT2D eigenvalue weighted by atomic mass is 9.96. The van der Waals surface area contributed by atoms with Gasteiger partial charge in [-0.2, -0.15) is 0 Å². The number of carbonyl (C=O) groups is 7. The predicted molar refractivity (Wildman–Crippen MR) is 135 cm³/mol. The van der Waals surface area contributed by atoms with Crippen LogP contribution < -0.4 is 0 Å². The molecule has 18 nitrogen and oxygen atoms in total. The van der Waals surface area contributed by atoms with Crippen molar-refractivity contribution in [2.45, 2.75) is 110 Å². The Morgan fingerprint density at radius 3 is 1.27 bits per heavy atom. The molecule has 0 aromatic rings. The second kappa shape index (κ2) is 16.3. The van der Waals surface area contributed by atoms with Crippen LogP contribution in [0.2, 0.25) is 0 Å². The zero-order valence-electron chi connectivity index (χ0n) is 25.1. The van der Waals surface area contributed by atoms with Gasteiger partial charge in [0.2, 0.25) is 0 Å². The fourth-order valence-electron chi connectivity index (χ4n) is 4.49. The molecule has 0 radical (unpaired) electrons. The average Bonchev–Trinajstić information content (AvgIpc) is 2.87. The van der Waals surface area contributed by atoms with E-state index >= 15 is 0 Å². The van der Waals surface area contributed by atoms with Crippen LogP contribution in [0.25, 0.3) is 0 Å². The Bertz CT molecular complexity index is 1090. The highest BCUT2D eigenvalue weighted by molar-refractivity contribution is 5.69. The predicted octanol–water partition coefficient (Wildman–Crippen LogP) is -1.40. The quantitative estimate of drug-likeness (QED) is 0.203. The second-order valence-electron chi connectivity index (χ2n) is 9.68. The summed E-state index contributed by atoms with van der Waals surface area (Å²) >= 11 is 0. The van der Waals surface area contributed by atoms with Crippen LogP contribution in [0.5, 0.6) is 0 Å². The number of esters is 7. The largest absolute Gasteiger partial charge is 0.463 e. The molecule has 0 bridgehead atoms. The lowest BCUT2D eigenvalue weighted by Crippen LogP contribution is -2.67. The van der Waals surface area contributed by atoms with E-state index in [9.17, 15) is 38.7 Å². The van der Waals surface area contributed by atoms with Crippen LogP contribution in [0.15, 0.2) is 0 Å². The van der Waals surface area contributed by atoms with Gasteiger partial charge in [-0.3, -0.25) is 33.6 Å². The molecule has 2 fully saturated rings. The number of carbonyl (C=O) groups excluding carboxylic acids is 7. The molecule has 0 aromatic carbocycles. The van der Waals surface area contributed by atoms with Gasteiger partial charge in [0.15, 0.2) is 43.1 Å². The van der Waals surface area contributed by atoms with E-state index in [-0.39, 0.29) is 0 Å². The van der Waals surface area contributed by atoms with Gasteiger partial charge in [0.1, 0.15) is 31.5 Å². The molecule has 18 heteroatoms. The summed E-state index contributed by atoms with van der Waals surface area (Å²) in [7, 11) is 0. The fraction of sp³-hybridized carbons (Fsp3) is 0.731. The maximum Gasteiger partial charge on any atom is 0.303 e. The van der Waals surface area contributed by atoms with Crippen molar-refractivity contribution < 1.29 is 86.0 Å². The molecule has 2 aliphatic rings. The average molecular weight is 637 g/mol. The minimum atomic E-state index is -1.90. The Morgan fingerprint density at radius 2 is 0.841 bits per heavy atom. The van der Waals surface area contributed by atoms with Gasteiger partial charge in [0, 0.05) is 48.5 Å². The normalized spacial score (nSPS) is 31.5. The first kappa shape index (κ1) is 36.3. The SMILES string of the molecule is CC(=O)OC[C@H]1O[C@H](O)[C@H](OC(C)=O)[C@@H](OC(C)=O)[C@H]1O[C@@H]1O[C@H](COC(C)=O)[C@H](OC(C)=O)[C@H](OC(C)=O)[C@H]1OC(C)=O. The Labute approximate surface area is 251 Å². The van der Waals surface area contributed by atoms with E-state index in [0.29, 0.717) is 0 Å². The zero-order chi connectivity index (χ0) is 33.3. The molecule has 248 valence electrons. The van der Waals surface area contributed by atoms with Crippen LogP contribution in [0.3, 0.4) is 0 Å². The van der Waals surface area contributed by atoms with Crippen molar-refractivity contribution in [2.75, 3.05) is 13.2 Å². The lowest BCUT2D eigenvalue weighted by molar-refractivity contribution is -0.357. The fourth-order valence-corrected chi connectivity index (χ4v) is 4.49. The van der Waals surface area contributed by atoms with Crippen molar-refractivity contribution in [1.29, 1.82) is 0 Å². The highest BCUT2D eigenvalue weighted by Gasteiger charge is 2.57. The lowest BCUT2D eigenvalue weighted by Gasteiger charge is -2.48. The van der Waals surface area contributed by atoms with Crippen molar-refractivity contribution >= 4 is 41.8 Å². The second-order valence-corrected chi connectivity index (χ2v) is 9.68. The Kier molecular flexibility index (Phi) is 13.4. The number of aliphatic hydroxyl groups excluding tert-OH is 1. The van der Waals surface area contributed by atoms with Crippen LogP contribution in [0.4, 0.5) is 0 Å². The smallest absolute Gasteiger partial charge is 0.303 e. The Hall–Kier alpha value is -3.87. The van der Waals surface area contributed by atoms with Crippen LogP contribution in [-0.2, 0) is 80.9 Å². The van der Waals surface area contributed by atoms with Crippen LogP contribution in [0.1, 0.15) is 48.5 Å². The van der Waals surface area contributed by atoms with E-state index in [4.69, 9.17) is 47.4 Å². The Morgan fingerprint density at radius 1 is 0.477 bits per heavy atom. The highest BCUT2D eigenvalue weighted by atomic mass is 16.8. The molecule has 0 unspecified atom stereocenters. The van der Waals surface area contributed by atoms with Crippen molar-refractivity contribution in [3.05, 3.63) is 0 Å². The molecule has 2 saturated heterocycles. The van der Waals surface area contributed by atoms with Gasteiger partial charge in [-0.15, -0.1) is 0 Å². The van der Waals surface area contributed by atoms with Crippen LogP contribution in [0, 0.1) is 0 Å². The highest BCUT2D eigenvalue weighted by Crippen LogP contribution is 2.34. The molecule has 2 aliphatic heterocycles. The Balaban J connectivity index is 2.66. The molecular formula is C26H36O18. The van der Waals surface area contributed by atoms with E-state index < -0.39 is 116 Å². The molecule has 0 amide bonds.